The second-order valence-corrected chi connectivity index (χ2v) is 3.34. The Morgan fingerprint density at radius 2 is 1.89 bits per heavy atom. The highest BCUT2D eigenvalue weighted by atomic mass is 19.4. The van der Waals surface area contributed by atoms with Crippen LogP contribution in [0.5, 0.6) is 5.75 Å². The van der Waals surface area contributed by atoms with E-state index in [1.807, 2.05) is 6.07 Å². The van der Waals surface area contributed by atoms with Crippen molar-refractivity contribution in [1.29, 1.82) is 5.26 Å². The molecule has 92 valence electrons. The number of H-pyrrole nitrogens is 1. The van der Waals surface area contributed by atoms with E-state index in [1.54, 1.807) is 0 Å². The first kappa shape index (κ1) is 12.0. The SMILES string of the molecule is N#Cc1cn[nH]c1-c1ccc(OC(F)(F)F)cc1. The molecule has 0 saturated heterocycles. The Morgan fingerprint density at radius 1 is 1.22 bits per heavy atom. The van der Waals surface area contributed by atoms with E-state index >= 15 is 0 Å². The van der Waals surface area contributed by atoms with E-state index in [1.165, 1.54) is 30.5 Å². The van der Waals surface area contributed by atoms with Crippen molar-refractivity contribution in [2.45, 2.75) is 6.36 Å². The Balaban J connectivity index is 2.26. The Morgan fingerprint density at radius 3 is 2.44 bits per heavy atom. The van der Waals surface area contributed by atoms with Crippen LogP contribution in [0.1, 0.15) is 5.56 Å². The van der Waals surface area contributed by atoms with Crippen molar-refractivity contribution in [1.82, 2.24) is 10.2 Å². The average molecular weight is 253 g/mol. The number of hydrogen-bond acceptors (Lipinski definition) is 3. The van der Waals surface area contributed by atoms with Crippen molar-refractivity contribution in [3.63, 3.8) is 0 Å². The largest absolute Gasteiger partial charge is 0.573 e. The van der Waals surface area contributed by atoms with Crippen molar-refractivity contribution < 1.29 is 17.9 Å². The van der Waals surface area contributed by atoms with Gasteiger partial charge in [-0.2, -0.15) is 10.4 Å². The standard InChI is InChI=1S/C11H6F3N3O/c12-11(13,14)18-9-3-1-7(2-4-9)10-8(5-15)6-16-17-10/h1-4,6H,(H,16,17). The molecule has 0 radical (unpaired) electrons. The Kier molecular flexibility index (Phi) is 2.93. The molecule has 0 spiro atoms. The quantitative estimate of drug-likeness (QED) is 0.895. The number of nitriles is 1. The number of nitrogens with zero attached hydrogens (tertiary/aromatic N) is 2. The maximum atomic E-state index is 12.0. The molecule has 1 heterocycles. The molecule has 0 bridgehead atoms. The van der Waals surface area contributed by atoms with Gasteiger partial charge in [-0.3, -0.25) is 5.10 Å². The van der Waals surface area contributed by atoms with Crippen LogP contribution in [0, 0.1) is 11.3 Å². The van der Waals surface area contributed by atoms with Gasteiger partial charge < -0.3 is 4.74 Å². The number of rotatable bonds is 2. The van der Waals surface area contributed by atoms with E-state index in [4.69, 9.17) is 5.26 Å². The van der Waals surface area contributed by atoms with Gasteiger partial charge in [0.15, 0.2) is 0 Å². The third-order valence-corrected chi connectivity index (χ3v) is 2.14. The molecular formula is C11H6F3N3O. The first-order chi connectivity index (χ1) is 8.49. The van der Waals surface area contributed by atoms with Gasteiger partial charge in [-0.25, -0.2) is 0 Å². The van der Waals surface area contributed by atoms with Gasteiger partial charge in [-0.05, 0) is 24.3 Å². The highest BCUT2D eigenvalue weighted by molar-refractivity contribution is 5.66. The lowest BCUT2D eigenvalue weighted by Gasteiger charge is -2.08. The number of hydrogen-bond donors (Lipinski definition) is 1. The lowest BCUT2D eigenvalue weighted by molar-refractivity contribution is -0.274. The Hall–Kier alpha value is -2.49. The van der Waals surface area contributed by atoms with Crippen LogP contribution in [0.15, 0.2) is 30.5 Å². The smallest absolute Gasteiger partial charge is 0.406 e. The summed E-state index contributed by atoms with van der Waals surface area (Å²) in [6.45, 7) is 0. The summed E-state index contributed by atoms with van der Waals surface area (Å²) in [6.07, 6.45) is -3.37. The third-order valence-electron chi connectivity index (χ3n) is 2.14. The minimum Gasteiger partial charge on any atom is -0.406 e. The zero-order valence-corrected chi connectivity index (χ0v) is 8.82. The summed E-state index contributed by atoms with van der Waals surface area (Å²) in [4.78, 5) is 0. The zero-order chi connectivity index (χ0) is 13.2. The van der Waals surface area contributed by atoms with E-state index < -0.39 is 6.36 Å². The van der Waals surface area contributed by atoms with Gasteiger partial charge in [0.1, 0.15) is 11.8 Å². The van der Waals surface area contributed by atoms with Crippen LogP contribution in [0.3, 0.4) is 0 Å². The average Bonchev–Trinajstić information content (AvgIpc) is 2.76. The van der Waals surface area contributed by atoms with Crippen LogP contribution in [-0.4, -0.2) is 16.6 Å². The van der Waals surface area contributed by atoms with E-state index in [9.17, 15) is 13.2 Å². The predicted octanol–water partition coefficient (Wildman–Crippen LogP) is 2.85. The van der Waals surface area contributed by atoms with Gasteiger partial charge in [0.25, 0.3) is 0 Å². The number of aromatic amines is 1. The fourth-order valence-corrected chi connectivity index (χ4v) is 1.41. The van der Waals surface area contributed by atoms with Crippen molar-refractivity contribution >= 4 is 0 Å². The molecule has 2 rings (SSSR count). The van der Waals surface area contributed by atoms with E-state index in [0.29, 0.717) is 16.8 Å². The molecule has 0 amide bonds. The summed E-state index contributed by atoms with van der Waals surface area (Å²) < 4.78 is 39.6. The van der Waals surface area contributed by atoms with Crippen molar-refractivity contribution in [2.24, 2.45) is 0 Å². The summed E-state index contributed by atoms with van der Waals surface area (Å²) in [5.41, 5.74) is 1.33. The number of halogens is 3. The molecule has 1 N–H and O–H groups in total. The molecule has 1 aromatic carbocycles. The van der Waals surface area contributed by atoms with Gasteiger partial charge in [-0.15, -0.1) is 13.2 Å². The molecule has 1 aromatic heterocycles. The normalized spacial score (nSPS) is 11.0. The van der Waals surface area contributed by atoms with Gasteiger partial charge in [0.05, 0.1) is 17.5 Å². The molecule has 18 heavy (non-hydrogen) atoms. The highest BCUT2D eigenvalue weighted by Crippen LogP contribution is 2.26. The van der Waals surface area contributed by atoms with Gasteiger partial charge >= 0.3 is 6.36 Å². The number of ether oxygens (including phenoxy) is 1. The predicted molar refractivity (Wildman–Crippen MR) is 55.4 cm³/mol. The number of alkyl halides is 3. The molecule has 0 fully saturated rings. The monoisotopic (exact) mass is 253 g/mol. The molecule has 0 aliphatic rings. The summed E-state index contributed by atoms with van der Waals surface area (Å²) in [6, 6.07) is 7.09. The number of benzene rings is 1. The third kappa shape index (κ3) is 2.60. The van der Waals surface area contributed by atoms with Crippen molar-refractivity contribution in [3.05, 3.63) is 36.0 Å². The van der Waals surface area contributed by atoms with Crippen LogP contribution >= 0.6 is 0 Å². The van der Waals surface area contributed by atoms with Crippen LogP contribution in [0.4, 0.5) is 13.2 Å². The van der Waals surface area contributed by atoms with Crippen LogP contribution in [0.25, 0.3) is 11.3 Å². The van der Waals surface area contributed by atoms with E-state index in [0.717, 1.165) is 0 Å². The summed E-state index contributed by atoms with van der Waals surface area (Å²) in [7, 11) is 0. The molecule has 7 heteroatoms. The molecule has 4 nitrogen and oxygen atoms in total. The minimum absolute atomic E-state index is 0.315. The maximum Gasteiger partial charge on any atom is 0.573 e. The molecular weight excluding hydrogens is 247 g/mol. The highest BCUT2D eigenvalue weighted by Gasteiger charge is 2.30. The first-order valence-corrected chi connectivity index (χ1v) is 4.79. The Labute approximate surface area is 99.6 Å². The fraction of sp³-hybridized carbons (Fsp3) is 0.0909. The van der Waals surface area contributed by atoms with Crippen molar-refractivity contribution in [2.75, 3.05) is 0 Å². The van der Waals surface area contributed by atoms with Crippen LogP contribution in [-0.2, 0) is 0 Å². The van der Waals surface area contributed by atoms with E-state index in [2.05, 4.69) is 14.9 Å². The minimum atomic E-state index is -4.71. The van der Waals surface area contributed by atoms with E-state index in [-0.39, 0.29) is 5.75 Å². The number of nitrogens with one attached hydrogen (secondary N) is 1. The molecule has 0 aliphatic carbocycles. The summed E-state index contributed by atoms with van der Waals surface area (Å²) >= 11 is 0. The molecule has 0 unspecified atom stereocenters. The molecule has 0 saturated carbocycles. The second kappa shape index (κ2) is 4.41. The number of aromatic nitrogens is 2. The maximum absolute atomic E-state index is 12.0. The lowest BCUT2D eigenvalue weighted by atomic mass is 10.1. The van der Waals surface area contributed by atoms with Gasteiger partial charge in [-0.1, -0.05) is 0 Å². The Bertz CT molecular complexity index is 581. The lowest BCUT2D eigenvalue weighted by Crippen LogP contribution is -2.16. The van der Waals surface area contributed by atoms with Gasteiger partial charge in [0.2, 0.25) is 0 Å². The molecule has 0 atom stereocenters. The fourth-order valence-electron chi connectivity index (χ4n) is 1.41. The topological polar surface area (TPSA) is 61.7 Å². The molecule has 2 aromatic rings. The zero-order valence-electron chi connectivity index (χ0n) is 8.82. The molecule has 0 aliphatic heterocycles. The van der Waals surface area contributed by atoms with Crippen molar-refractivity contribution in [3.8, 4) is 23.1 Å². The summed E-state index contributed by atoms with van der Waals surface area (Å²) in [5, 5.41) is 15.1. The first-order valence-electron chi connectivity index (χ1n) is 4.79. The summed E-state index contributed by atoms with van der Waals surface area (Å²) in [5.74, 6) is -0.315. The van der Waals surface area contributed by atoms with Crippen LogP contribution in [0.2, 0.25) is 0 Å². The van der Waals surface area contributed by atoms with Crippen LogP contribution < -0.4 is 4.74 Å². The van der Waals surface area contributed by atoms with Gasteiger partial charge in [0, 0.05) is 5.56 Å². The second-order valence-electron chi connectivity index (χ2n) is 3.34.